The van der Waals surface area contributed by atoms with E-state index in [1.807, 2.05) is 0 Å². The molecule has 2 aromatic carbocycles. The van der Waals surface area contributed by atoms with Crippen molar-refractivity contribution in [1.82, 2.24) is 25.2 Å². The molecule has 176 valence electrons. The van der Waals surface area contributed by atoms with Gasteiger partial charge in [0.05, 0.1) is 11.1 Å². The van der Waals surface area contributed by atoms with E-state index in [4.69, 9.17) is 4.74 Å². The van der Waals surface area contributed by atoms with Crippen LogP contribution in [0.5, 0.6) is 0 Å². The highest BCUT2D eigenvalue weighted by molar-refractivity contribution is 5.98. The van der Waals surface area contributed by atoms with E-state index in [9.17, 15) is 27.2 Å². The van der Waals surface area contributed by atoms with Crippen molar-refractivity contribution in [2.75, 3.05) is 19.6 Å². The number of hydrogen-bond acceptors (Lipinski definition) is 5. The highest BCUT2D eigenvalue weighted by atomic mass is 19.4. The van der Waals surface area contributed by atoms with Crippen LogP contribution in [0, 0.1) is 11.7 Å². The number of alkyl halides is 3. The van der Waals surface area contributed by atoms with Crippen molar-refractivity contribution in [1.29, 1.82) is 0 Å². The molecule has 2 aliphatic rings. The molecule has 3 heterocycles. The molecule has 5 rings (SSSR count). The lowest BCUT2D eigenvalue weighted by Gasteiger charge is -2.20. The predicted octanol–water partition coefficient (Wildman–Crippen LogP) is 3.72. The Balaban J connectivity index is 1.20. The van der Waals surface area contributed by atoms with Crippen LogP contribution < -0.4 is 0 Å². The molecule has 8 nitrogen and oxygen atoms in total. The van der Waals surface area contributed by atoms with Crippen LogP contribution in [0.1, 0.15) is 21.5 Å². The molecule has 0 aliphatic carbocycles. The summed E-state index contributed by atoms with van der Waals surface area (Å²) in [6, 6.07) is 7.07. The standard InChI is InChI=1S/C22H17F4N5O3/c23-17-4-12(3-16(6-17)22(24,25)26)11-34-21(33)31-9-14-7-30(8-15(14)10-31)20(32)13-1-2-18-19(5-13)28-29-27-18/h1-7,15H,8-11H2,(H,27,28,29)/t15-/m0/s1. The Labute approximate surface area is 189 Å². The fraction of sp³-hybridized carbons (Fsp3) is 0.273. The van der Waals surface area contributed by atoms with Gasteiger partial charge in [-0.25, -0.2) is 9.18 Å². The first-order chi connectivity index (χ1) is 16.2. The van der Waals surface area contributed by atoms with Crippen molar-refractivity contribution in [3.63, 3.8) is 0 Å². The fourth-order valence-corrected chi connectivity index (χ4v) is 4.16. The van der Waals surface area contributed by atoms with Gasteiger partial charge in [0.1, 0.15) is 17.9 Å². The molecule has 1 aromatic heterocycles. The van der Waals surface area contributed by atoms with Crippen LogP contribution in [0.15, 0.2) is 48.2 Å². The van der Waals surface area contributed by atoms with Gasteiger partial charge in [-0.3, -0.25) is 9.89 Å². The van der Waals surface area contributed by atoms with Gasteiger partial charge in [0.15, 0.2) is 0 Å². The topological polar surface area (TPSA) is 91.4 Å². The zero-order valence-corrected chi connectivity index (χ0v) is 17.5. The zero-order chi connectivity index (χ0) is 24.0. The Kier molecular flexibility index (Phi) is 5.22. The number of rotatable bonds is 3. The van der Waals surface area contributed by atoms with Gasteiger partial charge in [-0.05, 0) is 47.5 Å². The lowest BCUT2D eigenvalue weighted by Crippen LogP contribution is -2.33. The van der Waals surface area contributed by atoms with Gasteiger partial charge in [-0.1, -0.05) is 5.21 Å². The maximum absolute atomic E-state index is 13.5. The Morgan fingerprint density at radius 1 is 1.15 bits per heavy atom. The third kappa shape index (κ3) is 4.18. The molecule has 0 bridgehead atoms. The number of carbonyl (C=O) groups is 2. The van der Waals surface area contributed by atoms with E-state index in [1.165, 1.54) is 4.90 Å². The minimum atomic E-state index is -4.70. The average molecular weight is 475 g/mol. The molecule has 3 aromatic rings. The first kappa shape index (κ1) is 21.9. The second kappa shape index (κ2) is 8.12. The van der Waals surface area contributed by atoms with Crippen LogP contribution in [0.2, 0.25) is 0 Å². The molecule has 12 heteroatoms. The van der Waals surface area contributed by atoms with Crippen molar-refractivity contribution in [3.8, 4) is 0 Å². The zero-order valence-electron chi connectivity index (χ0n) is 17.5. The number of hydrogen-bond donors (Lipinski definition) is 1. The fourth-order valence-electron chi connectivity index (χ4n) is 4.16. The first-order valence-corrected chi connectivity index (χ1v) is 10.3. The summed E-state index contributed by atoms with van der Waals surface area (Å²) in [7, 11) is 0. The van der Waals surface area contributed by atoms with Crippen molar-refractivity contribution in [3.05, 3.63) is 70.7 Å². The number of carbonyl (C=O) groups excluding carboxylic acids is 2. The molecule has 2 amide bonds. The summed E-state index contributed by atoms with van der Waals surface area (Å²) in [4.78, 5) is 28.3. The number of H-pyrrole nitrogens is 1. The lowest BCUT2D eigenvalue weighted by molar-refractivity contribution is -0.137. The van der Waals surface area contributed by atoms with E-state index in [0.29, 0.717) is 30.2 Å². The SMILES string of the molecule is O=C(c1ccc2[nH]nnc2c1)N1C=C2CN(C(=O)OCc3cc(F)cc(C(F)(F)F)c3)C[C@@H]2C1. The van der Waals surface area contributed by atoms with Crippen molar-refractivity contribution in [2.45, 2.75) is 12.8 Å². The quantitative estimate of drug-likeness (QED) is 0.583. The Morgan fingerprint density at radius 2 is 1.97 bits per heavy atom. The summed E-state index contributed by atoms with van der Waals surface area (Å²) < 4.78 is 57.2. The van der Waals surface area contributed by atoms with E-state index in [0.717, 1.165) is 23.2 Å². The number of ether oxygens (including phenoxy) is 1. The number of nitrogens with zero attached hydrogens (tertiary/aromatic N) is 4. The van der Waals surface area contributed by atoms with E-state index in [2.05, 4.69) is 15.4 Å². The molecule has 1 atom stereocenters. The second-order valence-corrected chi connectivity index (χ2v) is 8.18. The van der Waals surface area contributed by atoms with Crippen LogP contribution >= 0.6 is 0 Å². The maximum atomic E-state index is 13.5. The van der Waals surface area contributed by atoms with Crippen molar-refractivity contribution in [2.24, 2.45) is 5.92 Å². The number of aromatic nitrogens is 3. The first-order valence-electron chi connectivity index (χ1n) is 10.3. The molecule has 0 saturated carbocycles. The van der Waals surface area contributed by atoms with Gasteiger partial charge in [-0.2, -0.15) is 13.2 Å². The van der Waals surface area contributed by atoms with Gasteiger partial charge in [0.25, 0.3) is 5.91 Å². The van der Waals surface area contributed by atoms with E-state index in [1.54, 1.807) is 29.3 Å². The summed E-state index contributed by atoms with van der Waals surface area (Å²) in [6.45, 7) is 0.420. The molecule has 0 radical (unpaired) electrons. The van der Waals surface area contributed by atoms with Gasteiger partial charge in [0, 0.05) is 37.3 Å². The van der Waals surface area contributed by atoms with Gasteiger partial charge < -0.3 is 14.5 Å². The van der Waals surface area contributed by atoms with E-state index < -0.39 is 30.3 Å². The number of halogens is 4. The van der Waals surface area contributed by atoms with Crippen LogP contribution in [0.3, 0.4) is 0 Å². The van der Waals surface area contributed by atoms with Gasteiger partial charge in [-0.15, -0.1) is 5.10 Å². The lowest BCUT2D eigenvalue weighted by atomic mass is 10.1. The molecule has 2 aliphatic heterocycles. The molecule has 0 unspecified atom stereocenters. The minimum Gasteiger partial charge on any atom is -0.445 e. The maximum Gasteiger partial charge on any atom is 0.416 e. The summed E-state index contributed by atoms with van der Waals surface area (Å²) in [5.74, 6) is -1.33. The van der Waals surface area contributed by atoms with Gasteiger partial charge in [0.2, 0.25) is 0 Å². The Morgan fingerprint density at radius 3 is 2.74 bits per heavy atom. The molecular weight excluding hydrogens is 458 g/mol. The largest absolute Gasteiger partial charge is 0.445 e. The Hall–Kier alpha value is -3.96. The smallest absolute Gasteiger partial charge is 0.416 e. The highest BCUT2D eigenvalue weighted by Crippen LogP contribution is 2.32. The van der Waals surface area contributed by atoms with E-state index >= 15 is 0 Å². The molecule has 1 N–H and O–H groups in total. The molecule has 0 spiro atoms. The van der Waals surface area contributed by atoms with E-state index in [-0.39, 0.29) is 23.9 Å². The number of fused-ring (bicyclic) bond motifs is 2. The summed E-state index contributed by atoms with van der Waals surface area (Å²) >= 11 is 0. The van der Waals surface area contributed by atoms with Crippen LogP contribution in [0.25, 0.3) is 11.0 Å². The average Bonchev–Trinajstić information content (AvgIpc) is 3.50. The monoisotopic (exact) mass is 475 g/mol. The third-order valence-corrected chi connectivity index (χ3v) is 5.82. The molecule has 1 saturated heterocycles. The summed E-state index contributed by atoms with van der Waals surface area (Å²) in [6.07, 6.45) is -3.72. The highest BCUT2D eigenvalue weighted by Gasteiger charge is 2.38. The minimum absolute atomic E-state index is 0.0710. The Bertz CT molecular complexity index is 1320. The number of nitrogens with one attached hydrogen (secondary N) is 1. The van der Waals surface area contributed by atoms with Crippen LogP contribution in [-0.4, -0.2) is 56.8 Å². The molecule has 1 fully saturated rings. The van der Waals surface area contributed by atoms with Crippen molar-refractivity contribution < 1.29 is 31.9 Å². The third-order valence-electron chi connectivity index (χ3n) is 5.82. The van der Waals surface area contributed by atoms with Gasteiger partial charge >= 0.3 is 12.3 Å². The molecule has 34 heavy (non-hydrogen) atoms. The number of benzene rings is 2. The molecular formula is C22H17F4N5O3. The summed E-state index contributed by atoms with van der Waals surface area (Å²) in [5.41, 5.74) is 1.38. The number of amides is 2. The number of likely N-dealkylation sites (tertiary alicyclic amines) is 1. The second-order valence-electron chi connectivity index (χ2n) is 8.18. The normalized spacial score (nSPS) is 17.8. The van der Waals surface area contributed by atoms with Crippen molar-refractivity contribution >= 4 is 23.0 Å². The summed E-state index contributed by atoms with van der Waals surface area (Å²) in [5, 5.41) is 10.3. The predicted molar refractivity (Wildman–Crippen MR) is 110 cm³/mol. The number of aromatic amines is 1. The van der Waals surface area contributed by atoms with Crippen LogP contribution in [-0.2, 0) is 17.5 Å². The van der Waals surface area contributed by atoms with Crippen LogP contribution in [0.4, 0.5) is 22.4 Å².